The smallest absolute Gasteiger partial charge is 0.251 e. The molecule has 0 aromatic heterocycles. The third-order valence-electron chi connectivity index (χ3n) is 3.26. The number of carbonyl (C=O) groups excluding carboxylic acids is 1. The van der Waals surface area contributed by atoms with Crippen molar-refractivity contribution in [2.24, 2.45) is 0 Å². The number of benzene rings is 1. The molecule has 18 heavy (non-hydrogen) atoms. The fourth-order valence-corrected chi connectivity index (χ4v) is 2.29. The number of rotatable bonds is 2. The predicted octanol–water partition coefficient (Wildman–Crippen LogP) is 1.94. The van der Waals surface area contributed by atoms with Crippen molar-refractivity contribution in [3.05, 3.63) is 29.6 Å². The maximum atomic E-state index is 13.1. The number of likely N-dealkylation sites (tertiary alicyclic amines) is 1. The fraction of sp³-hybridized carbons (Fsp3) is 0.462. The van der Waals surface area contributed by atoms with Gasteiger partial charge >= 0.3 is 0 Å². The first-order chi connectivity index (χ1) is 8.56. The van der Waals surface area contributed by atoms with Crippen LogP contribution in [0.4, 0.5) is 4.39 Å². The standard InChI is InChI=1S/C13H17FN2OS/c1-16-6-4-10(5-7-16)15-13(17)9-2-3-11(14)12(18)8-9/h2-3,8,10,18H,4-7H2,1H3,(H,15,17). The van der Waals surface area contributed by atoms with Crippen LogP contribution in [0, 0.1) is 5.82 Å². The van der Waals surface area contributed by atoms with Crippen LogP contribution in [0.2, 0.25) is 0 Å². The van der Waals surface area contributed by atoms with Crippen molar-refractivity contribution in [1.82, 2.24) is 10.2 Å². The summed E-state index contributed by atoms with van der Waals surface area (Å²) in [6.45, 7) is 1.98. The number of piperidine rings is 1. The van der Waals surface area contributed by atoms with Crippen LogP contribution in [-0.4, -0.2) is 37.0 Å². The van der Waals surface area contributed by atoms with E-state index in [-0.39, 0.29) is 16.8 Å². The number of amides is 1. The lowest BCUT2D eigenvalue weighted by Gasteiger charge is -2.29. The maximum absolute atomic E-state index is 13.1. The summed E-state index contributed by atoms with van der Waals surface area (Å²) in [5, 5.41) is 2.98. The quantitative estimate of drug-likeness (QED) is 0.803. The molecule has 1 amide bonds. The molecule has 0 saturated carbocycles. The van der Waals surface area contributed by atoms with Crippen molar-refractivity contribution >= 4 is 18.5 Å². The number of nitrogens with one attached hydrogen (secondary N) is 1. The lowest BCUT2D eigenvalue weighted by Crippen LogP contribution is -2.43. The summed E-state index contributed by atoms with van der Waals surface area (Å²) in [5.41, 5.74) is 0.459. The molecule has 3 nitrogen and oxygen atoms in total. The summed E-state index contributed by atoms with van der Waals surface area (Å²) in [5.74, 6) is -0.561. The monoisotopic (exact) mass is 268 g/mol. The second-order valence-corrected chi connectivity index (χ2v) is 5.20. The molecule has 2 rings (SSSR count). The van der Waals surface area contributed by atoms with Gasteiger partial charge in [0, 0.05) is 16.5 Å². The Balaban J connectivity index is 1.97. The highest BCUT2D eigenvalue weighted by Gasteiger charge is 2.19. The van der Waals surface area contributed by atoms with Crippen LogP contribution < -0.4 is 5.32 Å². The molecule has 5 heteroatoms. The molecule has 0 atom stereocenters. The van der Waals surface area contributed by atoms with Gasteiger partial charge in [-0.25, -0.2) is 4.39 Å². The van der Waals surface area contributed by atoms with Crippen LogP contribution in [0.25, 0.3) is 0 Å². The lowest BCUT2D eigenvalue weighted by atomic mass is 10.0. The van der Waals surface area contributed by atoms with Crippen molar-refractivity contribution in [1.29, 1.82) is 0 Å². The van der Waals surface area contributed by atoms with Gasteiger partial charge in [-0.3, -0.25) is 4.79 Å². The molecular weight excluding hydrogens is 251 g/mol. The topological polar surface area (TPSA) is 32.3 Å². The largest absolute Gasteiger partial charge is 0.349 e. The van der Waals surface area contributed by atoms with Crippen LogP contribution in [0.1, 0.15) is 23.2 Å². The van der Waals surface area contributed by atoms with E-state index in [1.807, 2.05) is 0 Å². The SMILES string of the molecule is CN1CCC(NC(=O)c2ccc(F)c(S)c2)CC1. The Morgan fingerprint density at radius 1 is 1.44 bits per heavy atom. The summed E-state index contributed by atoms with van der Waals surface area (Å²) in [6.07, 6.45) is 1.91. The molecule has 1 aliphatic rings. The van der Waals surface area contributed by atoms with E-state index in [0.717, 1.165) is 25.9 Å². The number of hydrogen-bond acceptors (Lipinski definition) is 3. The van der Waals surface area contributed by atoms with Crippen molar-refractivity contribution < 1.29 is 9.18 Å². The Kier molecular flexibility index (Phi) is 4.24. The van der Waals surface area contributed by atoms with E-state index in [9.17, 15) is 9.18 Å². The van der Waals surface area contributed by atoms with Crippen LogP contribution >= 0.6 is 12.6 Å². The maximum Gasteiger partial charge on any atom is 0.251 e. The molecule has 1 N–H and O–H groups in total. The van der Waals surface area contributed by atoms with Crippen LogP contribution in [0.5, 0.6) is 0 Å². The zero-order valence-corrected chi connectivity index (χ0v) is 11.2. The minimum absolute atomic E-state index is 0.153. The zero-order valence-electron chi connectivity index (χ0n) is 10.3. The van der Waals surface area contributed by atoms with Gasteiger partial charge in [0.25, 0.3) is 5.91 Å². The van der Waals surface area contributed by atoms with Gasteiger partial charge in [-0.1, -0.05) is 0 Å². The third-order valence-corrected chi connectivity index (χ3v) is 3.60. The molecule has 1 fully saturated rings. The first kappa shape index (κ1) is 13.4. The Hall–Kier alpha value is -1.07. The average Bonchev–Trinajstić information content (AvgIpc) is 2.35. The number of hydrogen-bond donors (Lipinski definition) is 2. The molecule has 98 valence electrons. The Morgan fingerprint density at radius 3 is 2.72 bits per heavy atom. The molecule has 1 aromatic carbocycles. The summed E-state index contributed by atoms with van der Waals surface area (Å²) < 4.78 is 13.1. The third kappa shape index (κ3) is 3.23. The number of carbonyl (C=O) groups is 1. The van der Waals surface area contributed by atoms with Gasteiger partial charge in [-0.05, 0) is 51.2 Å². The second-order valence-electron chi connectivity index (χ2n) is 4.72. The van der Waals surface area contributed by atoms with Crippen LogP contribution in [-0.2, 0) is 0 Å². The molecule has 0 aliphatic carbocycles. The van der Waals surface area contributed by atoms with E-state index >= 15 is 0 Å². The summed E-state index contributed by atoms with van der Waals surface area (Å²) in [7, 11) is 2.07. The molecule has 0 spiro atoms. The van der Waals surface area contributed by atoms with Crippen molar-refractivity contribution in [3.63, 3.8) is 0 Å². The summed E-state index contributed by atoms with van der Waals surface area (Å²) in [6, 6.07) is 4.43. The molecule has 0 unspecified atom stereocenters. The van der Waals surface area contributed by atoms with Crippen molar-refractivity contribution in [2.75, 3.05) is 20.1 Å². The molecule has 1 heterocycles. The first-order valence-corrected chi connectivity index (χ1v) is 6.49. The highest BCUT2D eigenvalue weighted by molar-refractivity contribution is 7.80. The Morgan fingerprint density at radius 2 is 2.11 bits per heavy atom. The second kappa shape index (κ2) is 5.71. The lowest BCUT2D eigenvalue weighted by molar-refractivity contribution is 0.0916. The molecule has 1 aliphatic heterocycles. The van der Waals surface area contributed by atoms with Gasteiger partial charge in [-0.2, -0.15) is 0 Å². The number of halogens is 1. The Labute approximate surface area is 112 Å². The number of thiol groups is 1. The van der Waals surface area contributed by atoms with E-state index < -0.39 is 5.82 Å². The fourth-order valence-electron chi connectivity index (χ4n) is 2.08. The van der Waals surface area contributed by atoms with E-state index in [4.69, 9.17) is 0 Å². The first-order valence-electron chi connectivity index (χ1n) is 6.04. The normalized spacial score (nSPS) is 17.7. The van der Waals surface area contributed by atoms with Gasteiger partial charge in [-0.15, -0.1) is 12.6 Å². The molecule has 1 aromatic rings. The average molecular weight is 268 g/mol. The minimum atomic E-state index is -0.408. The molecular formula is C13H17FN2OS. The van der Waals surface area contributed by atoms with Crippen LogP contribution in [0.15, 0.2) is 23.1 Å². The van der Waals surface area contributed by atoms with E-state index in [0.29, 0.717) is 5.56 Å². The zero-order chi connectivity index (χ0) is 13.1. The molecule has 0 radical (unpaired) electrons. The van der Waals surface area contributed by atoms with E-state index in [1.165, 1.54) is 18.2 Å². The van der Waals surface area contributed by atoms with Crippen molar-refractivity contribution in [3.8, 4) is 0 Å². The van der Waals surface area contributed by atoms with Gasteiger partial charge in [0.1, 0.15) is 5.82 Å². The predicted molar refractivity (Wildman–Crippen MR) is 71.6 cm³/mol. The Bertz CT molecular complexity index is 445. The van der Waals surface area contributed by atoms with Gasteiger partial charge in [0.15, 0.2) is 0 Å². The molecule has 0 bridgehead atoms. The molecule has 1 saturated heterocycles. The van der Waals surface area contributed by atoms with E-state index in [1.54, 1.807) is 0 Å². The van der Waals surface area contributed by atoms with E-state index in [2.05, 4.69) is 29.9 Å². The van der Waals surface area contributed by atoms with Gasteiger partial charge in [0.05, 0.1) is 0 Å². The number of nitrogens with zero attached hydrogens (tertiary/aromatic N) is 1. The highest BCUT2D eigenvalue weighted by Crippen LogP contribution is 2.15. The van der Waals surface area contributed by atoms with Crippen molar-refractivity contribution in [2.45, 2.75) is 23.8 Å². The highest BCUT2D eigenvalue weighted by atomic mass is 32.1. The summed E-state index contributed by atoms with van der Waals surface area (Å²) >= 11 is 3.98. The minimum Gasteiger partial charge on any atom is -0.349 e. The van der Waals surface area contributed by atoms with Gasteiger partial charge < -0.3 is 10.2 Å². The summed E-state index contributed by atoms with van der Waals surface area (Å²) in [4.78, 5) is 14.4. The van der Waals surface area contributed by atoms with Gasteiger partial charge in [0.2, 0.25) is 0 Å². The van der Waals surface area contributed by atoms with Crippen LogP contribution in [0.3, 0.4) is 0 Å².